The molecule has 0 saturated carbocycles. The Morgan fingerprint density at radius 2 is 2.10 bits per heavy atom. The second-order valence-electron chi connectivity index (χ2n) is 4.73. The van der Waals surface area contributed by atoms with Gasteiger partial charge in [-0.1, -0.05) is 55.1 Å². The van der Waals surface area contributed by atoms with Crippen LogP contribution in [0.4, 0.5) is 0 Å². The van der Waals surface area contributed by atoms with Gasteiger partial charge in [0.15, 0.2) is 11.5 Å². The first-order chi connectivity index (χ1) is 10.1. The zero-order valence-electron chi connectivity index (χ0n) is 12.5. The van der Waals surface area contributed by atoms with Gasteiger partial charge in [-0.25, -0.2) is 4.98 Å². The average Bonchev–Trinajstić information content (AvgIpc) is 2.86. The van der Waals surface area contributed by atoms with Crippen LogP contribution >= 0.6 is 11.8 Å². The van der Waals surface area contributed by atoms with Gasteiger partial charge in [0.1, 0.15) is 0 Å². The Bertz CT molecular complexity index is 631. The number of carbonyl (C=O) groups is 1. The molecule has 1 aromatic carbocycles. The average molecular weight is 301 g/mol. The standard InChI is InChI=1S/C17H19NO2S/c1-4-5-11-15(19)13(3)21-17-18-12(2)16(20-17)14-9-7-6-8-10-14/h5-11,13H,4H2,1-3H3/b11-5+. The van der Waals surface area contributed by atoms with Crippen molar-refractivity contribution in [3.63, 3.8) is 0 Å². The lowest BCUT2D eigenvalue weighted by Gasteiger charge is -2.03. The Morgan fingerprint density at radius 3 is 2.76 bits per heavy atom. The molecule has 21 heavy (non-hydrogen) atoms. The van der Waals surface area contributed by atoms with Gasteiger partial charge in [0.2, 0.25) is 0 Å². The molecule has 3 nitrogen and oxygen atoms in total. The maximum Gasteiger partial charge on any atom is 0.257 e. The largest absolute Gasteiger partial charge is 0.431 e. The predicted octanol–water partition coefficient (Wildman–Crippen LogP) is 4.67. The summed E-state index contributed by atoms with van der Waals surface area (Å²) in [6.07, 6.45) is 4.36. The van der Waals surface area contributed by atoms with Crippen LogP contribution in [0.3, 0.4) is 0 Å². The second kappa shape index (κ2) is 7.27. The summed E-state index contributed by atoms with van der Waals surface area (Å²) in [4.78, 5) is 16.3. The van der Waals surface area contributed by atoms with Crippen LogP contribution in [0.1, 0.15) is 26.0 Å². The van der Waals surface area contributed by atoms with Gasteiger partial charge in [0, 0.05) is 5.56 Å². The first-order valence-corrected chi connectivity index (χ1v) is 7.89. The van der Waals surface area contributed by atoms with Crippen LogP contribution in [0.2, 0.25) is 0 Å². The number of rotatable bonds is 6. The van der Waals surface area contributed by atoms with Crippen molar-refractivity contribution in [2.45, 2.75) is 37.7 Å². The van der Waals surface area contributed by atoms with Crippen LogP contribution in [0, 0.1) is 6.92 Å². The van der Waals surface area contributed by atoms with Gasteiger partial charge >= 0.3 is 0 Å². The van der Waals surface area contributed by atoms with E-state index in [0.29, 0.717) is 5.22 Å². The summed E-state index contributed by atoms with van der Waals surface area (Å²) in [7, 11) is 0. The third kappa shape index (κ3) is 4.08. The summed E-state index contributed by atoms with van der Waals surface area (Å²) in [5.41, 5.74) is 1.84. The molecule has 0 aliphatic carbocycles. The van der Waals surface area contributed by atoms with Crippen LogP contribution in [0.25, 0.3) is 11.3 Å². The molecule has 2 aromatic rings. The minimum Gasteiger partial charge on any atom is -0.431 e. The molecule has 1 atom stereocenters. The maximum atomic E-state index is 11.9. The molecule has 0 fully saturated rings. The van der Waals surface area contributed by atoms with Crippen molar-refractivity contribution < 1.29 is 9.21 Å². The van der Waals surface area contributed by atoms with E-state index in [0.717, 1.165) is 23.4 Å². The zero-order chi connectivity index (χ0) is 15.2. The summed E-state index contributed by atoms with van der Waals surface area (Å²) in [6.45, 7) is 5.79. The minimum atomic E-state index is -0.200. The number of ketones is 1. The van der Waals surface area contributed by atoms with E-state index in [-0.39, 0.29) is 11.0 Å². The fourth-order valence-corrected chi connectivity index (χ4v) is 2.68. The predicted molar refractivity (Wildman–Crippen MR) is 86.4 cm³/mol. The van der Waals surface area contributed by atoms with Gasteiger partial charge in [-0.2, -0.15) is 0 Å². The molecule has 0 aliphatic rings. The Kier molecular flexibility index (Phi) is 5.39. The highest BCUT2D eigenvalue weighted by Crippen LogP contribution is 2.31. The first kappa shape index (κ1) is 15.6. The molecule has 0 amide bonds. The number of benzene rings is 1. The van der Waals surface area contributed by atoms with E-state index < -0.39 is 0 Å². The minimum absolute atomic E-state index is 0.0824. The SMILES string of the molecule is CC/C=C/C(=O)C(C)Sc1nc(C)c(-c2ccccc2)o1. The van der Waals surface area contributed by atoms with Crippen LogP contribution in [-0.2, 0) is 4.79 Å². The fourth-order valence-electron chi connectivity index (χ4n) is 1.86. The van der Waals surface area contributed by atoms with Gasteiger partial charge in [-0.3, -0.25) is 4.79 Å². The molecule has 0 spiro atoms. The van der Waals surface area contributed by atoms with Crippen LogP contribution in [0.5, 0.6) is 0 Å². The summed E-state index contributed by atoms with van der Waals surface area (Å²) in [6, 6.07) is 9.87. The quantitative estimate of drug-likeness (QED) is 0.574. The third-order valence-electron chi connectivity index (χ3n) is 3.01. The monoisotopic (exact) mass is 301 g/mol. The van der Waals surface area contributed by atoms with E-state index in [1.165, 1.54) is 11.8 Å². The van der Waals surface area contributed by atoms with Gasteiger partial charge in [-0.15, -0.1) is 0 Å². The van der Waals surface area contributed by atoms with E-state index in [9.17, 15) is 4.79 Å². The van der Waals surface area contributed by atoms with Gasteiger partial charge in [-0.05, 0) is 26.3 Å². The normalized spacial score (nSPS) is 12.7. The number of hydrogen-bond donors (Lipinski definition) is 0. The van der Waals surface area contributed by atoms with Crippen molar-refractivity contribution in [3.05, 3.63) is 48.2 Å². The molecule has 110 valence electrons. The molecular weight excluding hydrogens is 282 g/mol. The van der Waals surface area contributed by atoms with E-state index in [1.54, 1.807) is 6.08 Å². The molecule has 0 saturated heterocycles. The van der Waals surface area contributed by atoms with Crippen LogP contribution in [0.15, 0.2) is 52.1 Å². The number of hydrogen-bond acceptors (Lipinski definition) is 4. The van der Waals surface area contributed by atoms with Gasteiger partial charge in [0.05, 0.1) is 10.9 Å². The number of nitrogens with zero attached hydrogens (tertiary/aromatic N) is 1. The molecule has 0 aliphatic heterocycles. The van der Waals surface area contributed by atoms with Crippen molar-refractivity contribution in [2.24, 2.45) is 0 Å². The summed E-state index contributed by atoms with van der Waals surface area (Å²) in [5, 5.41) is 0.339. The lowest BCUT2D eigenvalue weighted by Crippen LogP contribution is -2.09. The molecule has 4 heteroatoms. The third-order valence-corrected chi connectivity index (χ3v) is 3.97. The molecule has 0 bridgehead atoms. The smallest absolute Gasteiger partial charge is 0.257 e. The first-order valence-electron chi connectivity index (χ1n) is 7.01. The highest BCUT2D eigenvalue weighted by Gasteiger charge is 2.17. The highest BCUT2D eigenvalue weighted by atomic mass is 32.2. The molecular formula is C17H19NO2S. The van der Waals surface area contributed by atoms with Gasteiger partial charge < -0.3 is 4.42 Å². The van der Waals surface area contributed by atoms with Crippen LogP contribution in [-0.4, -0.2) is 16.0 Å². The van der Waals surface area contributed by atoms with Crippen molar-refractivity contribution in [1.29, 1.82) is 0 Å². The molecule has 0 N–H and O–H groups in total. The molecule has 1 aromatic heterocycles. The summed E-state index contributed by atoms with van der Waals surface area (Å²) >= 11 is 1.35. The van der Waals surface area contributed by atoms with Crippen LogP contribution < -0.4 is 0 Å². The van der Waals surface area contributed by atoms with E-state index in [4.69, 9.17) is 4.42 Å². The van der Waals surface area contributed by atoms with Gasteiger partial charge in [0.25, 0.3) is 5.22 Å². The van der Waals surface area contributed by atoms with E-state index in [1.807, 2.05) is 57.2 Å². The lowest BCUT2D eigenvalue weighted by atomic mass is 10.1. The number of aryl methyl sites for hydroxylation is 1. The number of aromatic nitrogens is 1. The number of thioether (sulfide) groups is 1. The Balaban J connectivity index is 2.12. The Hall–Kier alpha value is -1.81. The zero-order valence-corrected chi connectivity index (χ0v) is 13.3. The van der Waals surface area contributed by atoms with E-state index in [2.05, 4.69) is 4.98 Å². The Labute approximate surface area is 129 Å². The topological polar surface area (TPSA) is 43.1 Å². The number of oxazole rings is 1. The summed E-state index contributed by atoms with van der Waals surface area (Å²) in [5.74, 6) is 0.848. The molecule has 0 radical (unpaired) electrons. The van der Waals surface area contributed by atoms with Crippen molar-refractivity contribution >= 4 is 17.5 Å². The fraction of sp³-hybridized carbons (Fsp3) is 0.294. The lowest BCUT2D eigenvalue weighted by molar-refractivity contribution is -0.113. The number of carbonyl (C=O) groups excluding carboxylic acids is 1. The van der Waals surface area contributed by atoms with E-state index >= 15 is 0 Å². The van der Waals surface area contributed by atoms with Crippen molar-refractivity contribution in [2.75, 3.05) is 0 Å². The molecule has 1 unspecified atom stereocenters. The van der Waals surface area contributed by atoms with Crippen molar-refractivity contribution in [3.8, 4) is 11.3 Å². The Morgan fingerprint density at radius 1 is 1.38 bits per heavy atom. The number of allylic oxidation sites excluding steroid dienone is 2. The second-order valence-corrected chi connectivity index (χ2v) is 6.03. The molecule has 1 heterocycles. The highest BCUT2D eigenvalue weighted by molar-refractivity contribution is 8.00. The maximum absolute atomic E-state index is 11.9. The van der Waals surface area contributed by atoms with Crippen molar-refractivity contribution in [1.82, 2.24) is 4.98 Å². The molecule has 2 rings (SSSR count). The summed E-state index contributed by atoms with van der Waals surface area (Å²) < 4.78 is 5.80.